The molecule has 0 aromatic heterocycles. The second-order valence-electron chi connectivity index (χ2n) is 5.34. The lowest BCUT2D eigenvalue weighted by Gasteiger charge is -2.26. The van der Waals surface area contributed by atoms with Crippen molar-refractivity contribution in [3.8, 4) is 0 Å². The van der Waals surface area contributed by atoms with Crippen LogP contribution in [0.1, 0.15) is 18.5 Å². The normalized spacial score (nSPS) is 14.2. The van der Waals surface area contributed by atoms with Crippen LogP contribution in [0.3, 0.4) is 0 Å². The van der Waals surface area contributed by atoms with Crippen molar-refractivity contribution in [1.82, 2.24) is 15.5 Å². The fourth-order valence-electron chi connectivity index (χ4n) is 2.19. The van der Waals surface area contributed by atoms with Crippen molar-refractivity contribution in [3.63, 3.8) is 0 Å². The molecule has 0 heterocycles. The van der Waals surface area contributed by atoms with Gasteiger partial charge in [0, 0.05) is 26.7 Å². The number of hydrogen-bond donors (Lipinski definition) is 2. The molecule has 6 heteroatoms. The predicted molar refractivity (Wildman–Crippen MR) is 104 cm³/mol. The molecule has 0 saturated heterocycles. The molecule has 1 aromatic rings. The molecule has 0 aliphatic rings. The molecular formula is C16H29IN4O. The predicted octanol–water partition coefficient (Wildman–Crippen LogP) is 2.11. The van der Waals surface area contributed by atoms with Gasteiger partial charge in [0.05, 0.1) is 12.6 Å². The van der Waals surface area contributed by atoms with Crippen LogP contribution in [-0.2, 0) is 4.74 Å². The molecule has 2 unspecified atom stereocenters. The molecule has 0 aliphatic carbocycles. The molecule has 126 valence electrons. The maximum absolute atomic E-state index is 5.13. The molecule has 0 aliphatic heterocycles. The number of halogens is 1. The number of methoxy groups -OCH3 is 1. The van der Waals surface area contributed by atoms with E-state index in [1.165, 1.54) is 5.56 Å². The van der Waals surface area contributed by atoms with E-state index in [0.717, 1.165) is 12.5 Å². The molecule has 0 radical (unpaired) electrons. The minimum Gasteiger partial charge on any atom is -0.383 e. The minimum atomic E-state index is 0. The molecule has 2 N–H and O–H groups in total. The van der Waals surface area contributed by atoms with E-state index in [1.807, 2.05) is 6.07 Å². The number of benzene rings is 1. The second kappa shape index (κ2) is 11.7. The lowest BCUT2D eigenvalue weighted by atomic mass is 10.1. The Labute approximate surface area is 151 Å². The van der Waals surface area contributed by atoms with Gasteiger partial charge in [0.1, 0.15) is 0 Å². The highest BCUT2D eigenvalue weighted by Crippen LogP contribution is 2.16. The Balaban J connectivity index is 0.00000441. The number of hydrogen-bond acceptors (Lipinski definition) is 3. The van der Waals surface area contributed by atoms with Crippen LogP contribution in [0, 0.1) is 0 Å². The lowest BCUT2D eigenvalue weighted by molar-refractivity contribution is 0.179. The first-order valence-electron chi connectivity index (χ1n) is 7.26. The summed E-state index contributed by atoms with van der Waals surface area (Å²) in [4.78, 5) is 6.46. The first-order valence-corrected chi connectivity index (χ1v) is 7.26. The van der Waals surface area contributed by atoms with Gasteiger partial charge in [-0.15, -0.1) is 24.0 Å². The van der Waals surface area contributed by atoms with Crippen LogP contribution in [-0.4, -0.2) is 58.3 Å². The Hall–Kier alpha value is -0.860. The van der Waals surface area contributed by atoms with Crippen LogP contribution in [0.25, 0.3) is 0 Å². The number of aliphatic imine (C=N–C) groups is 1. The van der Waals surface area contributed by atoms with Crippen LogP contribution in [0.4, 0.5) is 0 Å². The lowest BCUT2D eigenvalue weighted by Crippen LogP contribution is -2.46. The fourth-order valence-corrected chi connectivity index (χ4v) is 2.19. The highest BCUT2D eigenvalue weighted by molar-refractivity contribution is 14.0. The summed E-state index contributed by atoms with van der Waals surface area (Å²) < 4.78 is 5.13. The third kappa shape index (κ3) is 7.42. The Morgan fingerprint density at radius 3 is 2.41 bits per heavy atom. The van der Waals surface area contributed by atoms with Crippen molar-refractivity contribution in [1.29, 1.82) is 0 Å². The van der Waals surface area contributed by atoms with Crippen molar-refractivity contribution in [3.05, 3.63) is 35.9 Å². The fraction of sp³-hybridized carbons (Fsp3) is 0.562. The highest BCUT2D eigenvalue weighted by Gasteiger charge is 2.14. The van der Waals surface area contributed by atoms with Gasteiger partial charge in [-0.1, -0.05) is 30.3 Å². The molecular weight excluding hydrogens is 391 g/mol. The van der Waals surface area contributed by atoms with Gasteiger partial charge < -0.3 is 20.3 Å². The van der Waals surface area contributed by atoms with Crippen LogP contribution < -0.4 is 10.6 Å². The van der Waals surface area contributed by atoms with E-state index in [4.69, 9.17) is 4.74 Å². The summed E-state index contributed by atoms with van der Waals surface area (Å²) >= 11 is 0. The average Bonchev–Trinajstić information content (AvgIpc) is 2.47. The first-order chi connectivity index (χ1) is 10.1. The van der Waals surface area contributed by atoms with E-state index < -0.39 is 0 Å². The van der Waals surface area contributed by atoms with Crippen molar-refractivity contribution < 1.29 is 4.74 Å². The average molecular weight is 420 g/mol. The Kier molecular flexibility index (Phi) is 11.2. The first kappa shape index (κ1) is 21.1. The number of guanidine groups is 1. The quantitative estimate of drug-likeness (QED) is 0.403. The summed E-state index contributed by atoms with van der Waals surface area (Å²) in [6.45, 7) is 3.50. The van der Waals surface area contributed by atoms with Crippen LogP contribution in [0.15, 0.2) is 35.3 Å². The second-order valence-corrected chi connectivity index (χ2v) is 5.34. The zero-order valence-electron chi connectivity index (χ0n) is 14.2. The van der Waals surface area contributed by atoms with E-state index in [1.54, 1.807) is 14.2 Å². The zero-order chi connectivity index (χ0) is 15.7. The van der Waals surface area contributed by atoms with Gasteiger partial charge in [-0.2, -0.15) is 0 Å². The maximum Gasteiger partial charge on any atom is 0.191 e. The molecule has 22 heavy (non-hydrogen) atoms. The molecule has 0 fully saturated rings. The number of likely N-dealkylation sites (N-methyl/N-ethyl adjacent to an activating group) is 1. The Morgan fingerprint density at radius 1 is 1.27 bits per heavy atom. The van der Waals surface area contributed by atoms with Gasteiger partial charge in [-0.25, -0.2) is 0 Å². The van der Waals surface area contributed by atoms with Crippen molar-refractivity contribution in [2.75, 3.05) is 41.4 Å². The SMILES string of the molecule is CN=C(NCC(c1ccccc1)N(C)C)NC(C)COC.I. The van der Waals surface area contributed by atoms with Crippen molar-refractivity contribution >= 4 is 29.9 Å². The van der Waals surface area contributed by atoms with Gasteiger partial charge >= 0.3 is 0 Å². The van der Waals surface area contributed by atoms with Crippen LogP contribution in [0.5, 0.6) is 0 Å². The molecule has 5 nitrogen and oxygen atoms in total. The summed E-state index contributed by atoms with van der Waals surface area (Å²) in [7, 11) is 7.65. The number of nitrogens with one attached hydrogen (secondary N) is 2. The van der Waals surface area contributed by atoms with Crippen molar-refractivity contribution in [2.24, 2.45) is 4.99 Å². The number of nitrogens with zero attached hydrogens (tertiary/aromatic N) is 2. The van der Waals surface area contributed by atoms with Crippen molar-refractivity contribution in [2.45, 2.75) is 19.0 Å². The standard InChI is InChI=1S/C16H28N4O.HI/c1-13(12-21-5)19-16(17-2)18-11-15(20(3)4)14-9-7-6-8-10-14;/h6-10,13,15H,11-12H2,1-5H3,(H2,17,18,19);1H. The molecule has 0 bridgehead atoms. The Bertz CT molecular complexity index is 425. The van der Waals surface area contributed by atoms with Gasteiger partial charge in [0.25, 0.3) is 0 Å². The van der Waals surface area contributed by atoms with E-state index in [2.05, 4.69) is 65.8 Å². The molecule has 1 aromatic carbocycles. The topological polar surface area (TPSA) is 48.9 Å². The summed E-state index contributed by atoms with van der Waals surface area (Å²) in [6.07, 6.45) is 0. The molecule has 0 saturated carbocycles. The van der Waals surface area contributed by atoms with E-state index >= 15 is 0 Å². The monoisotopic (exact) mass is 420 g/mol. The number of ether oxygens (including phenoxy) is 1. The zero-order valence-corrected chi connectivity index (χ0v) is 16.5. The highest BCUT2D eigenvalue weighted by atomic mass is 127. The Morgan fingerprint density at radius 2 is 1.91 bits per heavy atom. The smallest absolute Gasteiger partial charge is 0.191 e. The van der Waals surface area contributed by atoms with E-state index in [0.29, 0.717) is 12.6 Å². The van der Waals surface area contributed by atoms with Gasteiger partial charge in [0.2, 0.25) is 0 Å². The molecule has 0 amide bonds. The van der Waals surface area contributed by atoms with E-state index in [9.17, 15) is 0 Å². The van der Waals surface area contributed by atoms with E-state index in [-0.39, 0.29) is 30.0 Å². The minimum absolute atomic E-state index is 0. The summed E-state index contributed by atoms with van der Waals surface area (Å²) in [5.41, 5.74) is 1.29. The molecule has 1 rings (SSSR count). The molecule has 2 atom stereocenters. The van der Waals surface area contributed by atoms with Gasteiger partial charge in [-0.05, 0) is 26.6 Å². The van der Waals surface area contributed by atoms with Gasteiger partial charge in [0.15, 0.2) is 5.96 Å². The summed E-state index contributed by atoms with van der Waals surface area (Å²) in [6, 6.07) is 11.0. The summed E-state index contributed by atoms with van der Waals surface area (Å²) in [5.74, 6) is 0.794. The summed E-state index contributed by atoms with van der Waals surface area (Å²) in [5, 5.41) is 6.69. The largest absolute Gasteiger partial charge is 0.383 e. The molecule has 0 spiro atoms. The van der Waals surface area contributed by atoms with Gasteiger partial charge in [-0.3, -0.25) is 4.99 Å². The maximum atomic E-state index is 5.13. The third-order valence-corrected chi connectivity index (χ3v) is 3.29. The number of rotatable bonds is 7. The van der Waals surface area contributed by atoms with Crippen LogP contribution >= 0.6 is 24.0 Å². The van der Waals surface area contributed by atoms with Crippen LogP contribution in [0.2, 0.25) is 0 Å². The third-order valence-electron chi connectivity index (χ3n) is 3.29.